The van der Waals surface area contributed by atoms with E-state index < -0.39 is 5.72 Å². The number of aliphatic imine (C=N–C) groups is 1. The van der Waals surface area contributed by atoms with E-state index in [1.165, 1.54) is 0 Å². The van der Waals surface area contributed by atoms with E-state index in [-0.39, 0.29) is 6.04 Å². The van der Waals surface area contributed by atoms with Crippen molar-refractivity contribution in [2.45, 2.75) is 25.1 Å². The maximum Gasteiger partial charge on any atom is 0.211 e. The fourth-order valence-electron chi connectivity index (χ4n) is 2.63. The van der Waals surface area contributed by atoms with E-state index in [1.807, 2.05) is 43.3 Å². The third-order valence-electron chi connectivity index (χ3n) is 3.49. The van der Waals surface area contributed by atoms with Crippen molar-refractivity contribution in [1.82, 2.24) is 10.2 Å². The van der Waals surface area contributed by atoms with Gasteiger partial charge in [0.1, 0.15) is 5.75 Å². The second kappa shape index (κ2) is 3.64. The summed E-state index contributed by atoms with van der Waals surface area (Å²) >= 11 is 0. The predicted octanol–water partition coefficient (Wildman–Crippen LogP) is 1.60. The molecule has 2 bridgehead atoms. The number of nitrogens with zero attached hydrogens (tertiary/aromatic N) is 3. The number of hydrogen-bond donors (Lipinski definition) is 1. The number of fused-ring (bicyclic) bond motifs is 4. The Morgan fingerprint density at radius 1 is 1.56 bits per heavy atom. The minimum absolute atomic E-state index is 0.188. The van der Waals surface area contributed by atoms with Crippen LogP contribution in [0.4, 0.5) is 0 Å². The van der Waals surface area contributed by atoms with E-state index in [1.54, 1.807) is 0 Å². The second-order valence-electron chi connectivity index (χ2n) is 4.82. The highest BCUT2D eigenvalue weighted by molar-refractivity contribution is 5.83. The molecule has 2 aliphatic heterocycles. The van der Waals surface area contributed by atoms with Gasteiger partial charge in [0.05, 0.1) is 6.04 Å². The number of benzene rings is 1. The molecule has 18 heavy (non-hydrogen) atoms. The molecule has 2 heterocycles. The Morgan fingerprint density at radius 2 is 2.33 bits per heavy atom. The molecule has 0 fully saturated rings. The van der Waals surface area contributed by atoms with Gasteiger partial charge in [-0.2, -0.15) is 5.26 Å². The number of hydrogen-bond acceptors (Lipinski definition) is 5. The van der Waals surface area contributed by atoms with Crippen molar-refractivity contribution < 1.29 is 4.74 Å². The van der Waals surface area contributed by atoms with Gasteiger partial charge in [0.15, 0.2) is 6.19 Å². The van der Waals surface area contributed by atoms with Crippen LogP contribution in [0.3, 0.4) is 0 Å². The van der Waals surface area contributed by atoms with Gasteiger partial charge in [0.25, 0.3) is 0 Å². The Balaban J connectivity index is 2.09. The Hall–Kier alpha value is -2.22. The summed E-state index contributed by atoms with van der Waals surface area (Å²) in [5.41, 5.74) is 0.551. The number of ether oxygens (including phenoxy) is 1. The molecule has 0 spiro atoms. The lowest BCUT2D eigenvalue weighted by Gasteiger charge is -2.45. The van der Waals surface area contributed by atoms with E-state index in [0.29, 0.717) is 5.96 Å². The molecule has 1 aromatic rings. The van der Waals surface area contributed by atoms with E-state index in [4.69, 9.17) is 10.00 Å². The van der Waals surface area contributed by atoms with E-state index in [2.05, 4.69) is 16.4 Å². The van der Waals surface area contributed by atoms with Crippen LogP contribution in [0.1, 0.15) is 24.9 Å². The number of guanidine groups is 1. The van der Waals surface area contributed by atoms with Gasteiger partial charge in [0.2, 0.25) is 11.7 Å². The van der Waals surface area contributed by atoms with Crippen molar-refractivity contribution in [3.63, 3.8) is 0 Å². The van der Waals surface area contributed by atoms with E-state index in [0.717, 1.165) is 17.7 Å². The lowest BCUT2D eigenvalue weighted by Crippen LogP contribution is -2.52. The normalized spacial score (nSPS) is 28.6. The highest BCUT2D eigenvalue weighted by atomic mass is 16.5. The summed E-state index contributed by atoms with van der Waals surface area (Å²) in [7, 11) is 1.94. The molecule has 0 saturated carbocycles. The average molecular weight is 242 g/mol. The number of para-hydroxylation sites is 1. The van der Waals surface area contributed by atoms with Crippen molar-refractivity contribution in [2.75, 3.05) is 7.05 Å². The van der Waals surface area contributed by atoms with Crippen molar-refractivity contribution in [2.24, 2.45) is 4.99 Å². The van der Waals surface area contributed by atoms with Gasteiger partial charge >= 0.3 is 0 Å². The minimum atomic E-state index is -0.593. The van der Waals surface area contributed by atoms with Crippen LogP contribution < -0.4 is 10.1 Å². The van der Waals surface area contributed by atoms with Crippen molar-refractivity contribution in [3.8, 4) is 11.9 Å². The van der Waals surface area contributed by atoms with Crippen LogP contribution in [0.5, 0.6) is 5.75 Å². The monoisotopic (exact) mass is 242 g/mol. The first-order chi connectivity index (χ1) is 8.63. The maximum atomic E-state index is 8.77. The van der Waals surface area contributed by atoms with Gasteiger partial charge in [-0.1, -0.05) is 18.2 Å². The summed E-state index contributed by atoms with van der Waals surface area (Å²) in [6.45, 7) is 1.95. The van der Waals surface area contributed by atoms with Gasteiger partial charge in [-0.15, -0.1) is 0 Å². The highest BCUT2D eigenvalue weighted by Gasteiger charge is 2.43. The van der Waals surface area contributed by atoms with Gasteiger partial charge in [-0.05, 0) is 13.0 Å². The summed E-state index contributed by atoms with van der Waals surface area (Å²) in [6, 6.07) is 8.17. The van der Waals surface area contributed by atoms with Crippen molar-refractivity contribution >= 4 is 5.96 Å². The topological polar surface area (TPSA) is 60.7 Å². The van der Waals surface area contributed by atoms with Crippen molar-refractivity contribution in [1.29, 1.82) is 5.26 Å². The molecular weight excluding hydrogens is 228 g/mol. The molecule has 0 saturated heterocycles. The molecule has 2 atom stereocenters. The lowest BCUT2D eigenvalue weighted by molar-refractivity contribution is 0.0269. The van der Waals surface area contributed by atoms with Gasteiger partial charge in [-0.3, -0.25) is 5.32 Å². The molecule has 2 unspecified atom stereocenters. The second-order valence-corrected chi connectivity index (χ2v) is 4.82. The summed E-state index contributed by atoms with van der Waals surface area (Å²) in [5.74, 6) is 1.44. The van der Waals surface area contributed by atoms with Crippen LogP contribution in [-0.2, 0) is 0 Å². The molecule has 0 aromatic heterocycles. The van der Waals surface area contributed by atoms with Gasteiger partial charge in [-0.25, -0.2) is 4.99 Å². The zero-order chi connectivity index (χ0) is 12.8. The molecule has 1 N–H and O–H groups in total. The lowest BCUT2D eigenvalue weighted by atomic mass is 9.91. The molecule has 3 rings (SSSR count). The zero-order valence-electron chi connectivity index (χ0n) is 10.3. The van der Waals surface area contributed by atoms with Crippen LogP contribution in [0.25, 0.3) is 0 Å². The molecule has 0 amide bonds. The summed E-state index contributed by atoms with van der Waals surface area (Å²) in [6.07, 6.45) is 2.71. The summed E-state index contributed by atoms with van der Waals surface area (Å²) < 4.78 is 5.95. The first-order valence-electron chi connectivity index (χ1n) is 5.89. The van der Waals surface area contributed by atoms with Crippen LogP contribution in [0, 0.1) is 11.5 Å². The number of nitrogens with one attached hydrogen (secondary N) is 1. The predicted molar refractivity (Wildman–Crippen MR) is 66.8 cm³/mol. The van der Waals surface area contributed by atoms with Gasteiger partial charge in [0, 0.05) is 19.0 Å². The third kappa shape index (κ3) is 1.50. The smallest absolute Gasteiger partial charge is 0.211 e. The molecular formula is C13H14N4O. The molecule has 5 heteroatoms. The van der Waals surface area contributed by atoms with Crippen LogP contribution >= 0.6 is 0 Å². The third-order valence-corrected chi connectivity index (χ3v) is 3.49. The zero-order valence-corrected chi connectivity index (χ0v) is 10.3. The first-order valence-corrected chi connectivity index (χ1v) is 5.89. The first kappa shape index (κ1) is 10.9. The summed E-state index contributed by atoms with van der Waals surface area (Å²) in [4.78, 5) is 6.48. The minimum Gasteiger partial charge on any atom is -0.466 e. The highest BCUT2D eigenvalue weighted by Crippen LogP contribution is 2.45. The standard InChI is InChI=1S/C13H14N4O/c1-13-7-10(17(2)12(16-13)15-8-14)9-5-3-4-6-11(9)18-13/h3-6,10H,7H2,1-2H3,(H,15,16). The fourth-order valence-corrected chi connectivity index (χ4v) is 2.63. The molecule has 0 aliphatic carbocycles. The Kier molecular flexibility index (Phi) is 2.20. The molecule has 5 nitrogen and oxygen atoms in total. The van der Waals surface area contributed by atoms with E-state index >= 15 is 0 Å². The molecule has 1 aromatic carbocycles. The largest absolute Gasteiger partial charge is 0.466 e. The SMILES string of the molecule is CN1C(NC#N)=NC2(C)CC1c1ccccc1O2. The average Bonchev–Trinajstić information content (AvgIpc) is 2.35. The maximum absolute atomic E-state index is 8.77. The van der Waals surface area contributed by atoms with Crippen LogP contribution in [-0.4, -0.2) is 23.6 Å². The Bertz CT molecular complexity index is 562. The number of nitriles is 1. The van der Waals surface area contributed by atoms with E-state index in [9.17, 15) is 0 Å². The van der Waals surface area contributed by atoms with Gasteiger partial charge < -0.3 is 9.64 Å². The van der Waals surface area contributed by atoms with Crippen LogP contribution in [0.2, 0.25) is 0 Å². The molecule has 0 radical (unpaired) electrons. The summed E-state index contributed by atoms with van der Waals surface area (Å²) in [5, 5.41) is 11.4. The van der Waals surface area contributed by atoms with Crippen LogP contribution in [0.15, 0.2) is 29.3 Å². The number of rotatable bonds is 0. The quantitative estimate of drug-likeness (QED) is 0.554. The Labute approximate surface area is 106 Å². The van der Waals surface area contributed by atoms with Crippen molar-refractivity contribution in [3.05, 3.63) is 29.8 Å². The molecule has 92 valence electrons. The molecule has 2 aliphatic rings. The Morgan fingerprint density at radius 3 is 3.11 bits per heavy atom. The fraction of sp³-hybridized carbons (Fsp3) is 0.385.